The van der Waals surface area contributed by atoms with Gasteiger partial charge in [0.15, 0.2) is 0 Å². The minimum Gasteiger partial charge on any atom is -0.464 e. The van der Waals surface area contributed by atoms with Crippen molar-refractivity contribution in [2.45, 2.75) is 19.4 Å². The van der Waals surface area contributed by atoms with Gasteiger partial charge in [0, 0.05) is 30.2 Å². The molecule has 1 N–H and O–H groups in total. The Morgan fingerprint density at radius 3 is 2.79 bits per heavy atom. The highest BCUT2D eigenvalue weighted by molar-refractivity contribution is 6.06. The summed E-state index contributed by atoms with van der Waals surface area (Å²) in [5.41, 5.74) is 3.29. The minimum atomic E-state index is -0.160. The molecule has 2 aromatic heterocycles. The molecule has 7 nitrogen and oxygen atoms in total. The van der Waals surface area contributed by atoms with Crippen molar-refractivity contribution < 1.29 is 14.0 Å². The van der Waals surface area contributed by atoms with Crippen LogP contribution >= 0.6 is 0 Å². The number of piperidine rings is 1. The van der Waals surface area contributed by atoms with Gasteiger partial charge in [0.25, 0.3) is 11.8 Å². The van der Waals surface area contributed by atoms with Crippen LogP contribution in [0.15, 0.2) is 71.5 Å². The molecule has 170 valence electrons. The quantitative estimate of drug-likeness (QED) is 0.493. The maximum absolute atomic E-state index is 13.7. The van der Waals surface area contributed by atoms with Gasteiger partial charge in [-0.15, -0.1) is 0 Å². The smallest absolute Gasteiger partial charge is 0.257 e. The van der Waals surface area contributed by atoms with E-state index in [4.69, 9.17) is 4.42 Å². The van der Waals surface area contributed by atoms with Gasteiger partial charge in [-0.25, -0.2) is 9.97 Å². The van der Waals surface area contributed by atoms with E-state index in [0.717, 1.165) is 17.4 Å². The lowest BCUT2D eigenvalue weighted by atomic mass is 10.0. The minimum absolute atomic E-state index is 0.0464. The van der Waals surface area contributed by atoms with Gasteiger partial charge >= 0.3 is 0 Å². The Labute approximate surface area is 196 Å². The van der Waals surface area contributed by atoms with Crippen LogP contribution in [0.25, 0.3) is 22.2 Å². The number of furan rings is 1. The number of hydrogen-bond acceptors (Lipinski definition) is 5. The Bertz CT molecular complexity index is 1400. The zero-order valence-electron chi connectivity index (χ0n) is 18.8. The van der Waals surface area contributed by atoms with Gasteiger partial charge in [0.2, 0.25) is 0 Å². The first-order valence-electron chi connectivity index (χ1n) is 11.5. The van der Waals surface area contributed by atoms with E-state index in [1.165, 1.54) is 0 Å². The molecule has 1 saturated heterocycles. The summed E-state index contributed by atoms with van der Waals surface area (Å²) in [6, 6.07) is 16.9. The first-order chi connectivity index (χ1) is 16.6. The van der Waals surface area contributed by atoms with Gasteiger partial charge in [-0.3, -0.25) is 9.59 Å². The molecule has 2 fully saturated rings. The normalized spacial score (nSPS) is 20.9. The number of carbonyl (C=O) groups is 2. The first-order valence-corrected chi connectivity index (χ1v) is 11.5. The summed E-state index contributed by atoms with van der Waals surface area (Å²) < 4.78 is 5.42. The van der Waals surface area contributed by atoms with Crippen LogP contribution in [-0.2, 0) is 0 Å². The van der Waals surface area contributed by atoms with E-state index in [1.54, 1.807) is 24.6 Å². The van der Waals surface area contributed by atoms with Crippen LogP contribution in [0.3, 0.4) is 0 Å². The number of rotatable bonds is 5. The van der Waals surface area contributed by atoms with Crippen molar-refractivity contribution in [2.24, 2.45) is 11.8 Å². The van der Waals surface area contributed by atoms with Crippen molar-refractivity contribution >= 4 is 22.8 Å². The van der Waals surface area contributed by atoms with Crippen LogP contribution in [0.5, 0.6) is 0 Å². The maximum atomic E-state index is 13.7. The number of nitrogens with zero attached hydrogens (tertiary/aromatic N) is 3. The summed E-state index contributed by atoms with van der Waals surface area (Å²) in [5, 5.41) is 3.85. The fourth-order valence-corrected chi connectivity index (χ4v) is 5.15. The van der Waals surface area contributed by atoms with Gasteiger partial charge in [-0.2, -0.15) is 0 Å². The van der Waals surface area contributed by atoms with Crippen LogP contribution in [0, 0.1) is 18.8 Å². The number of aromatic nitrogens is 2. The highest BCUT2D eigenvalue weighted by Crippen LogP contribution is 2.49. The molecule has 2 aliphatic rings. The Balaban J connectivity index is 1.24. The van der Waals surface area contributed by atoms with E-state index in [9.17, 15) is 9.59 Å². The number of hydrogen-bond donors (Lipinski definition) is 1. The van der Waals surface area contributed by atoms with E-state index in [1.807, 2.05) is 54.3 Å². The third kappa shape index (κ3) is 3.53. The predicted octanol–water partition coefficient (Wildman–Crippen LogP) is 4.09. The average molecular weight is 453 g/mol. The zero-order valence-corrected chi connectivity index (χ0v) is 18.8. The molecular weight excluding hydrogens is 428 g/mol. The van der Waals surface area contributed by atoms with Gasteiger partial charge in [0.1, 0.15) is 11.4 Å². The standard InChI is InChI=1S/C27H24N4O3/c1-16-28-13-22(25(30-16)17-6-3-2-4-7-17)27(33)31-15-18-12-21(18)23(31)14-29-26(32)20-8-5-9-24-19(20)10-11-34-24/h2-11,13,18,21,23H,12,14-15H2,1H3,(H,29,32)/t18-,21-,23-/m1/s1. The van der Waals surface area contributed by atoms with E-state index in [-0.39, 0.29) is 17.9 Å². The Morgan fingerprint density at radius 1 is 1.09 bits per heavy atom. The second kappa shape index (κ2) is 8.09. The molecule has 0 radical (unpaired) electrons. The van der Waals surface area contributed by atoms with Crippen molar-refractivity contribution in [3.63, 3.8) is 0 Å². The summed E-state index contributed by atoms with van der Waals surface area (Å²) >= 11 is 0. The molecule has 0 unspecified atom stereocenters. The van der Waals surface area contributed by atoms with Gasteiger partial charge < -0.3 is 14.6 Å². The highest BCUT2D eigenvalue weighted by atomic mass is 16.3. The molecule has 1 saturated carbocycles. The van der Waals surface area contributed by atoms with Crippen molar-refractivity contribution in [2.75, 3.05) is 13.1 Å². The van der Waals surface area contributed by atoms with Crippen LogP contribution in [-0.4, -0.2) is 45.8 Å². The lowest BCUT2D eigenvalue weighted by molar-refractivity contribution is 0.0695. The molecule has 0 spiro atoms. The molecule has 4 aromatic rings. The van der Waals surface area contributed by atoms with Crippen LogP contribution in [0.1, 0.15) is 33.0 Å². The van der Waals surface area contributed by atoms with Crippen molar-refractivity contribution in [1.29, 1.82) is 0 Å². The Morgan fingerprint density at radius 2 is 1.94 bits per heavy atom. The molecule has 3 atom stereocenters. The second-order valence-electron chi connectivity index (χ2n) is 9.08. The highest BCUT2D eigenvalue weighted by Gasteiger charge is 2.54. The molecule has 2 aromatic carbocycles. The van der Waals surface area contributed by atoms with E-state index in [0.29, 0.717) is 53.2 Å². The summed E-state index contributed by atoms with van der Waals surface area (Å²) in [5.74, 6) is 1.29. The maximum Gasteiger partial charge on any atom is 0.257 e. The average Bonchev–Trinajstić information content (AvgIpc) is 3.29. The summed E-state index contributed by atoms with van der Waals surface area (Å²) in [4.78, 5) is 37.5. The molecule has 34 heavy (non-hydrogen) atoms. The fraction of sp³-hybridized carbons (Fsp3) is 0.259. The topological polar surface area (TPSA) is 88.3 Å². The molecular formula is C27H24N4O3. The largest absolute Gasteiger partial charge is 0.464 e. The van der Waals surface area contributed by atoms with Crippen molar-refractivity contribution in [3.05, 3.63) is 84.0 Å². The predicted molar refractivity (Wildman–Crippen MR) is 127 cm³/mol. The Kier molecular flexibility index (Phi) is 4.90. The van der Waals surface area contributed by atoms with Crippen molar-refractivity contribution in [3.8, 4) is 11.3 Å². The third-order valence-corrected chi connectivity index (χ3v) is 6.96. The number of benzene rings is 2. The van der Waals surface area contributed by atoms with Crippen molar-refractivity contribution in [1.82, 2.24) is 20.2 Å². The number of nitrogens with one attached hydrogen (secondary N) is 1. The van der Waals surface area contributed by atoms with Gasteiger partial charge in [-0.1, -0.05) is 36.4 Å². The van der Waals surface area contributed by atoms with E-state index >= 15 is 0 Å². The monoisotopic (exact) mass is 452 g/mol. The molecule has 6 rings (SSSR count). The molecule has 1 aliphatic heterocycles. The second-order valence-corrected chi connectivity index (χ2v) is 9.08. The lowest BCUT2D eigenvalue weighted by Gasteiger charge is -2.28. The molecule has 0 bridgehead atoms. The number of likely N-dealkylation sites (tertiary alicyclic amines) is 1. The third-order valence-electron chi connectivity index (χ3n) is 6.96. The van der Waals surface area contributed by atoms with Crippen LogP contribution < -0.4 is 5.32 Å². The van der Waals surface area contributed by atoms with E-state index in [2.05, 4.69) is 15.3 Å². The fourth-order valence-electron chi connectivity index (χ4n) is 5.15. The summed E-state index contributed by atoms with van der Waals surface area (Å²) in [6.07, 6.45) is 4.31. The number of amides is 2. The van der Waals surface area contributed by atoms with Gasteiger partial charge in [0.05, 0.1) is 29.1 Å². The first kappa shape index (κ1) is 20.6. The summed E-state index contributed by atoms with van der Waals surface area (Å²) in [6.45, 7) is 2.93. The zero-order chi connectivity index (χ0) is 23.2. The molecule has 2 amide bonds. The number of aryl methyl sites for hydroxylation is 1. The molecule has 7 heteroatoms. The molecule has 3 heterocycles. The number of carbonyl (C=O) groups excluding carboxylic acids is 2. The Hall–Kier alpha value is -4.00. The van der Waals surface area contributed by atoms with E-state index < -0.39 is 0 Å². The molecule has 1 aliphatic carbocycles. The SMILES string of the molecule is Cc1ncc(C(=O)N2C[C@H]3C[C@H]3[C@H]2CNC(=O)c2cccc3occc23)c(-c2ccccc2)n1. The van der Waals surface area contributed by atoms with Gasteiger partial charge in [-0.05, 0) is 43.4 Å². The van der Waals surface area contributed by atoms with Crippen LogP contribution in [0.4, 0.5) is 0 Å². The lowest BCUT2D eigenvalue weighted by Crippen LogP contribution is -2.45. The van der Waals surface area contributed by atoms with Crippen LogP contribution in [0.2, 0.25) is 0 Å². The number of fused-ring (bicyclic) bond motifs is 2. The summed E-state index contributed by atoms with van der Waals surface area (Å²) in [7, 11) is 0.